The lowest BCUT2D eigenvalue weighted by atomic mass is 9.85. The van der Waals surface area contributed by atoms with Crippen LogP contribution in [0.2, 0.25) is 0 Å². The van der Waals surface area contributed by atoms with Crippen LogP contribution in [0.5, 0.6) is 0 Å². The zero-order chi connectivity index (χ0) is 27.8. The van der Waals surface area contributed by atoms with Gasteiger partial charge in [0.05, 0.1) is 25.9 Å². The van der Waals surface area contributed by atoms with E-state index in [0.717, 1.165) is 23.2 Å². The van der Waals surface area contributed by atoms with E-state index in [1.54, 1.807) is 0 Å². The minimum atomic E-state index is -2.52. The average molecular weight is 550 g/mol. The maximum atomic E-state index is 13.9. The first-order valence-electron chi connectivity index (χ1n) is 14.6. The molecule has 4 atom stereocenters. The monoisotopic (exact) mass is 549 g/mol. The van der Waals surface area contributed by atoms with E-state index >= 15 is 0 Å². The second-order valence-corrected chi connectivity index (χ2v) is 11.4. The summed E-state index contributed by atoms with van der Waals surface area (Å²) in [5.41, 5.74) is 3.31. The fraction of sp³-hybridized carbons (Fsp3) is 0.471. The van der Waals surface area contributed by atoms with Crippen LogP contribution in [0.4, 0.5) is 8.78 Å². The quantitative estimate of drug-likeness (QED) is 0.252. The molecule has 0 N–H and O–H groups in total. The van der Waals surface area contributed by atoms with Crippen molar-refractivity contribution >= 4 is 0 Å². The molecule has 3 aromatic carbocycles. The highest BCUT2D eigenvalue weighted by Gasteiger charge is 2.45. The molecule has 0 spiro atoms. The highest BCUT2D eigenvalue weighted by atomic mass is 19.3. The Morgan fingerprint density at radius 3 is 1.62 bits per heavy atom. The van der Waals surface area contributed by atoms with Gasteiger partial charge in [0.1, 0.15) is 12.2 Å². The average Bonchev–Trinajstić information content (AvgIpc) is 2.98. The van der Waals surface area contributed by atoms with Crippen LogP contribution >= 0.6 is 0 Å². The molecule has 1 saturated carbocycles. The van der Waals surface area contributed by atoms with E-state index in [2.05, 4.69) is 48.2 Å². The van der Waals surface area contributed by atoms with E-state index in [0.29, 0.717) is 39.2 Å². The number of benzene rings is 3. The second-order valence-electron chi connectivity index (χ2n) is 11.4. The molecule has 0 radical (unpaired) electrons. The van der Waals surface area contributed by atoms with Crippen molar-refractivity contribution < 1.29 is 23.0 Å². The van der Waals surface area contributed by atoms with Gasteiger partial charge >= 0.3 is 0 Å². The molecule has 1 aliphatic carbocycles. The fourth-order valence-electron chi connectivity index (χ4n) is 5.94. The third kappa shape index (κ3) is 7.97. The Balaban J connectivity index is 1.36. The first-order valence-corrected chi connectivity index (χ1v) is 14.6. The van der Waals surface area contributed by atoms with Crippen molar-refractivity contribution in [1.29, 1.82) is 0 Å². The van der Waals surface area contributed by atoms with Gasteiger partial charge in [-0.1, -0.05) is 91.0 Å². The summed E-state index contributed by atoms with van der Waals surface area (Å²) < 4.78 is 47.6. The number of nitrogens with zero attached hydrogens (tertiary/aromatic N) is 1. The van der Waals surface area contributed by atoms with E-state index in [1.165, 1.54) is 0 Å². The van der Waals surface area contributed by atoms with Crippen molar-refractivity contribution in [1.82, 2.24) is 4.90 Å². The Bertz CT molecular complexity index is 1140. The van der Waals surface area contributed by atoms with Crippen LogP contribution in [0.25, 0.3) is 0 Å². The Kier molecular flexibility index (Phi) is 9.97. The molecule has 214 valence electrons. The van der Waals surface area contributed by atoms with Crippen LogP contribution in [0.3, 0.4) is 0 Å². The summed E-state index contributed by atoms with van der Waals surface area (Å²) in [6, 6.07) is 30.5. The molecule has 0 amide bonds. The summed E-state index contributed by atoms with van der Waals surface area (Å²) in [5.74, 6) is -2.28. The molecule has 2 aliphatic rings. The third-order valence-electron chi connectivity index (χ3n) is 8.36. The van der Waals surface area contributed by atoms with Gasteiger partial charge in [-0.25, -0.2) is 8.78 Å². The predicted molar refractivity (Wildman–Crippen MR) is 153 cm³/mol. The van der Waals surface area contributed by atoms with Crippen molar-refractivity contribution in [2.24, 2.45) is 5.92 Å². The lowest BCUT2D eigenvalue weighted by Gasteiger charge is -2.48. The Morgan fingerprint density at radius 2 is 1.12 bits per heavy atom. The van der Waals surface area contributed by atoms with Gasteiger partial charge < -0.3 is 14.2 Å². The largest absolute Gasteiger partial charge is 0.369 e. The minimum Gasteiger partial charge on any atom is -0.369 e. The van der Waals surface area contributed by atoms with E-state index in [-0.39, 0.29) is 43.1 Å². The number of piperidine rings is 1. The first kappa shape index (κ1) is 28.9. The maximum Gasteiger partial charge on any atom is 0.248 e. The number of rotatable bonds is 11. The van der Waals surface area contributed by atoms with Crippen molar-refractivity contribution in [2.75, 3.05) is 13.1 Å². The molecule has 1 heterocycles. The first-order chi connectivity index (χ1) is 19.5. The number of alkyl halides is 2. The van der Waals surface area contributed by atoms with Crippen LogP contribution in [-0.2, 0) is 34.0 Å². The molecule has 4 nitrogen and oxygen atoms in total. The van der Waals surface area contributed by atoms with Gasteiger partial charge in [0.25, 0.3) is 0 Å². The van der Waals surface area contributed by atoms with Gasteiger partial charge in [-0.15, -0.1) is 0 Å². The Morgan fingerprint density at radius 1 is 0.675 bits per heavy atom. The number of hydrogen-bond donors (Lipinski definition) is 0. The van der Waals surface area contributed by atoms with Gasteiger partial charge in [0, 0.05) is 32.0 Å². The molecule has 40 heavy (non-hydrogen) atoms. The topological polar surface area (TPSA) is 30.9 Å². The number of halogens is 2. The molecule has 1 saturated heterocycles. The van der Waals surface area contributed by atoms with E-state index < -0.39 is 5.92 Å². The van der Waals surface area contributed by atoms with Crippen LogP contribution in [-0.4, -0.2) is 48.3 Å². The molecule has 1 aliphatic heterocycles. The molecule has 3 aromatic rings. The van der Waals surface area contributed by atoms with Gasteiger partial charge in [0.2, 0.25) is 5.92 Å². The number of ether oxygens (including phenoxy) is 3. The van der Waals surface area contributed by atoms with Gasteiger partial charge in [-0.05, 0) is 42.4 Å². The lowest BCUT2D eigenvalue weighted by molar-refractivity contribution is -0.202. The summed E-state index contributed by atoms with van der Waals surface area (Å²) in [6.45, 7) is 5.02. The van der Waals surface area contributed by atoms with Crippen LogP contribution in [0.1, 0.15) is 49.3 Å². The highest BCUT2D eigenvalue weighted by molar-refractivity contribution is 5.16. The van der Waals surface area contributed by atoms with Crippen molar-refractivity contribution in [3.63, 3.8) is 0 Å². The maximum absolute atomic E-state index is 13.9. The summed E-state index contributed by atoms with van der Waals surface area (Å²) in [4.78, 5) is 2.39. The SMILES string of the molecule is CC1C(OCc2ccccc2)C(OCc2ccccc2)C(OCc2ccccc2)CN1CC1CCC(F)(F)CC1. The minimum absolute atomic E-state index is 0.0232. The standard InChI is InChI=1S/C34H41F2NO3/c1-26-32(39-24-29-13-7-3-8-14-29)33(40-25-30-15-9-4-10-16-30)31(38-23-28-11-5-2-6-12-28)22-37(26)21-27-17-19-34(35,36)20-18-27/h2-16,26-27,31-33H,17-25H2,1H3. The molecule has 5 rings (SSSR count). The summed E-state index contributed by atoms with van der Waals surface area (Å²) in [6.07, 6.45) is 0.295. The van der Waals surface area contributed by atoms with Gasteiger partial charge in [0.15, 0.2) is 0 Å². The zero-order valence-electron chi connectivity index (χ0n) is 23.3. The van der Waals surface area contributed by atoms with Crippen LogP contribution < -0.4 is 0 Å². The third-order valence-corrected chi connectivity index (χ3v) is 8.36. The predicted octanol–water partition coefficient (Wildman–Crippen LogP) is 7.27. The van der Waals surface area contributed by atoms with E-state index in [4.69, 9.17) is 14.2 Å². The van der Waals surface area contributed by atoms with Gasteiger partial charge in [-0.2, -0.15) is 0 Å². The zero-order valence-corrected chi connectivity index (χ0v) is 23.3. The molecular weight excluding hydrogens is 508 g/mol. The van der Waals surface area contributed by atoms with Crippen LogP contribution in [0.15, 0.2) is 91.0 Å². The summed E-state index contributed by atoms with van der Waals surface area (Å²) in [5, 5.41) is 0. The smallest absolute Gasteiger partial charge is 0.248 e. The normalized spacial score (nSPS) is 25.6. The van der Waals surface area contributed by atoms with Crippen molar-refractivity contribution in [2.45, 2.75) is 82.7 Å². The lowest BCUT2D eigenvalue weighted by Crippen LogP contribution is -2.63. The van der Waals surface area contributed by atoms with Gasteiger partial charge in [-0.3, -0.25) is 4.90 Å². The second kappa shape index (κ2) is 13.8. The molecule has 2 fully saturated rings. The Hall–Kier alpha value is -2.64. The molecule has 6 heteroatoms. The van der Waals surface area contributed by atoms with E-state index in [9.17, 15) is 8.78 Å². The molecule has 0 aromatic heterocycles. The van der Waals surface area contributed by atoms with Crippen molar-refractivity contribution in [3.8, 4) is 0 Å². The number of likely N-dealkylation sites (tertiary alicyclic amines) is 1. The Labute approximate surface area is 237 Å². The van der Waals surface area contributed by atoms with Crippen LogP contribution in [0, 0.1) is 5.92 Å². The summed E-state index contributed by atoms with van der Waals surface area (Å²) >= 11 is 0. The van der Waals surface area contributed by atoms with Crippen molar-refractivity contribution in [3.05, 3.63) is 108 Å². The highest BCUT2D eigenvalue weighted by Crippen LogP contribution is 2.38. The summed E-state index contributed by atoms with van der Waals surface area (Å²) in [7, 11) is 0. The molecule has 0 bridgehead atoms. The molecule has 4 unspecified atom stereocenters. The molecular formula is C34H41F2NO3. The number of hydrogen-bond acceptors (Lipinski definition) is 4. The van der Waals surface area contributed by atoms with E-state index in [1.807, 2.05) is 54.6 Å². The fourth-order valence-corrected chi connectivity index (χ4v) is 5.94.